The molecule has 0 aliphatic heterocycles. The van der Waals surface area contributed by atoms with Gasteiger partial charge in [-0.15, -0.1) is 0 Å². The van der Waals surface area contributed by atoms with Gasteiger partial charge in [0.15, 0.2) is 0 Å². The number of hydrogen-bond donors (Lipinski definition) is 1. The molecule has 0 aliphatic rings. The molecule has 0 fully saturated rings. The van der Waals surface area contributed by atoms with Crippen molar-refractivity contribution in [3.63, 3.8) is 0 Å². The molecule has 0 bridgehead atoms. The second kappa shape index (κ2) is 10.8. The number of aliphatic hydroxyl groups excluding tert-OH is 1. The Morgan fingerprint density at radius 1 is 1.13 bits per heavy atom. The van der Waals surface area contributed by atoms with Gasteiger partial charge in [0.25, 0.3) is 0 Å². The van der Waals surface area contributed by atoms with Crippen LogP contribution in [0.4, 0.5) is 0 Å². The average Bonchev–Trinajstić information content (AvgIpc) is 2.53. The number of benzene rings is 1. The van der Waals surface area contributed by atoms with E-state index in [-0.39, 0.29) is 31.4 Å². The van der Waals surface area contributed by atoms with Crippen molar-refractivity contribution < 1.29 is 19.4 Å². The van der Waals surface area contributed by atoms with Crippen LogP contribution in [0.3, 0.4) is 0 Å². The molecule has 128 valence electrons. The molecule has 0 radical (unpaired) electrons. The third-order valence-corrected chi connectivity index (χ3v) is 3.59. The van der Waals surface area contributed by atoms with Gasteiger partial charge >= 0.3 is 5.97 Å². The molecule has 0 aliphatic carbocycles. The summed E-state index contributed by atoms with van der Waals surface area (Å²) in [5, 5.41) is 9.07. The number of ether oxygens (including phenoxy) is 1. The van der Waals surface area contributed by atoms with Crippen LogP contribution < -0.4 is 0 Å². The summed E-state index contributed by atoms with van der Waals surface area (Å²) in [4.78, 5) is 25.1. The fourth-order valence-corrected chi connectivity index (χ4v) is 2.30. The van der Waals surface area contributed by atoms with Gasteiger partial charge in [-0.25, -0.2) is 0 Å². The molecule has 1 aromatic carbocycles. The quantitative estimate of drug-likeness (QED) is 0.670. The molecule has 0 atom stereocenters. The first-order valence-corrected chi connectivity index (χ1v) is 8.16. The molecule has 0 aromatic heterocycles. The van der Waals surface area contributed by atoms with Crippen molar-refractivity contribution in [1.29, 1.82) is 0 Å². The molecule has 0 saturated carbocycles. The van der Waals surface area contributed by atoms with Crippen LogP contribution in [0.5, 0.6) is 0 Å². The van der Waals surface area contributed by atoms with Gasteiger partial charge in [-0.2, -0.15) is 0 Å². The molecule has 1 aromatic rings. The largest absolute Gasteiger partial charge is 0.466 e. The number of nitrogens with zero attached hydrogens (tertiary/aromatic N) is 1. The Balaban J connectivity index is 2.38. The van der Waals surface area contributed by atoms with E-state index in [9.17, 15) is 9.59 Å². The molecule has 1 rings (SSSR count). The van der Waals surface area contributed by atoms with Crippen molar-refractivity contribution in [2.24, 2.45) is 0 Å². The summed E-state index contributed by atoms with van der Waals surface area (Å²) in [6.45, 7) is 4.57. The highest BCUT2D eigenvalue weighted by Crippen LogP contribution is 2.09. The second-order valence-electron chi connectivity index (χ2n) is 5.50. The first-order valence-electron chi connectivity index (χ1n) is 8.16. The van der Waals surface area contributed by atoms with Gasteiger partial charge in [-0.05, 0) is 32.3 Å². The van der Waals surface area contributed by atoms with Gasteiger partial charge in [-0.1, -0.05) is 29.8 Å². The summed E-state index contributed by atoms with van der Waals surface area (Å²) < 4.78 is 4.86. The highest BCUT2D eigenvalue weighted by Gasteiger charge is 2.14. The van der Waals surface area contributed by atoms with Gasteiger partial charge < -0.3 is 14.7 Å². The lowest BCUT2D eigenvalue weighted by Crippen LogP contribution is -2.35. The summed E-state index contributed by atoms with van der Waals surface area (Å²) >= 11 is 0. The van der Waals surface area contributed by atoms with E-state index in [0.717, 1.165) is 12.8 Å². The molecule has 0 unspecified atom stereocenters. The van der Waals surface area contributed by atoms with Crippen LogP contribution in [0.1, 0.15) is 37.3 Å². The normalized spacial score (nSPS) is 10.4. The lowest BCUT2D eigenvalue weighted by Gasteiger charge is -2.21. The van der Waals surface area contributed by atoms with Gasteiger partial charge in [0.1, 0.15) is 0 Å². The molecule has 5 nitrogen and oxygen atoms in total. The van der Waals surface area contributed by atoms with E-state index in [0.29, 0.717) is 19.6 Å². The molecule has 0 spiro atoms. The molecule has 23 heavy (non-hydrogen) atoms. The Morgan fingerprint density at radius 3 is 2.43 bits per heavy atom. The summed E-state index contributed by atoms with van der Waals surface area (Å²) in [5.41, 5.74) is 2.43. The van der Waals surface area contributed by atoms with Crippen molar-refractivity contribution in [3.8, 4) is 0 Å². The Bertz CT molecular complexity index is 484. The number of amides is 1. The lowest BCUT2D eigenvalue weighted by molar-refractivity contribution is -0.144. The van der Waals surface area contributed by atoms with Crippen LogP contribution in [-0.2, 0) is 20.7 Å². The molecule has 5 heteroatoms. The number of hydrogen-bond acceptors (Lipinski definition) is 4. The van der Waals surface area contributed by atoms with Crippen LogP contribution >= 0.6 is 0 Å². The Labute approximate surface area is 138 Å². The number of esters is 1. The van der Waals surface area contributed by atoms with E-state index in [2.05, 4.69) is 24.3 Å². The topological polar surface area (TPSA) is 66.8 Å². The zero-order chi connectivity index (χ0) is 17.1. The summed E-state index contributed by atoms with van der Waals surface area (Å²) in [6, 6.07) is 8.28. The van der Waals surface area contributed by atoms with Crippen molar-refractivity contribution >= 4 is 11.9 Å². The highest BCUT2D eigenvalue weighted by molar-refractivity contribution is 5.77. The SMILES string of the molecule is CCOC(=O)CCN(CCO)C(=O)CCCc1ccc(C)cc1. The van der Waals surface area contributed by atoms with Crippen LogP contribution in [0.25, 0.3) is 0 Å². The van der Waals surface area contributed by atoms with Crippen LogP contribution in [-0.4, -0.2) is 48.2 Å². The van der Waals surface area contributed by atoms with E-state index >= 15 is 0 Å². The number of carbonyl (C=O) groups is 2. The van der Waals surface area contributed by atoms with E-state index in [1.54, 1.807) is 6.92 Å². The number of aryl methyl sites for hydroxylation is 2. The first kappa shape index (κ1) is 19.2. The average molecular weight is 321 g/mol. The molecule has 0 saturated heterocycles. The van der Waals surface area contributed by atoms with Gasteiger partial charge in [0.05, 0.1) is 19.6 Å². The van der Waals surface area contributed by atoms with Gasteiger partial charge in [-0.3, -0.25) is 9.59 Å². The molecule has 0 heterocycles. The van der Waals surface area contributed by atoms with Crippen LogP contribution in [0, 0.1) is 6.92 Å². The fraction of sp³-hybridized carbons (Fsp3) is 0.556. The highest BCUT2D eigenvalue weighted by atomic mass is 16.5. The minimum absolute atomic E-state index is 0.0320. The van der Waals surface area contributed by atoms with Crippen molar-refractivity contribution in [2.75, 3.05) is 26.3 Å². The van der Waals surface area contributed by atoms with Crippen LogP contribution in [0.2, 0.25) is 0 Å². The zero-order valence-electron chi connectivity index (χ0n) is 14.1. The summed E-state index contributed by atoms with van der Waals surface area (Å²) in [5.74, 6) is -0.349. The third kappa shape index (κ3) is 7.79. The third-order valence-electron chi connectivity index (χ3n) is 3.59. The maximum absolute atomic E-state index is 12.2. The number of carbonyl (C=O) groups excluding carboxylic acids is 2. The van der Waals surface area contributed by atoms with Gasteiger partial charge in [0.2, 0.25) is 5.91 Å². The van der Waals surface area contributed by atoms with Gasteiger partial charge in [0, 0.05) is 19.5 Å². The first-order chi connectivity index (χ1) is 11.1. The van der Waals surface area contributed by atoms with E-state index in [1.165, 1.54) is 16.0 Å². The predicted octanol–water partition coefficient (Wildman–Crippen LogP) is 2.09. The summed E-state index contributed by atoms with van der Waals surface area (Å²) in [6.07, 6.45) is 2.17. The zero-order valence-corrected chi connectivity index (χ0v) is 14.1. The number of rotatable bonds is 10. The van der Waals surface area contributed by atoms with Crippen molar-refractivity contribution in [1.82, 2.24) is 4.90 Å². The van der Waals surface area contributed by atoms with E-state index in [4.69, 9.17) is 9.84 Å². The van der Waals surface area contributed by atoms with Crippen LogP contribution in [0.15, 0.2) is 24.3 Å². The lowest BCUT2D eigenvalue weighted by atomic mass is 10.1. The van der Waals surface area contributed by atoms with E-state index < -0.39 is 0 Å². The Hall–Kier alpha value is -1.88. The monoisotopic (exact) mass is 321 g/mol. The Morgan fingerprint density at radius 2 is 1.83 bits per heavy atom. The van der Waals surface area contributed by atoms with Crippen molar-refractivity contribution in [3.05, 3.63) is 35.4 Å². The minimum Gasteiger partial charge on any atom is -0.466 e. The molecular weight excluding hydrogens is 294 g/mol. The fourth-order valence-electron chi connectivity index (χ4n) is 2.30. The molecule has 1 amide bonds. The number of aliphatic hydroxyl groups is 1. The standard InChI is InChI=1S/C18H27NO4/c1-3-23-18(22)11-12-19(13-14-20)17(21)6-4-5-16-9-7-15(2)8-10-16/h7-10,20H,3-6,11-14H2,1-2H3. The predicted molar refractivity (Wildman–Crippen MR) is 89.0 cm³/mol. The van der Waals surface area contributed by atoms with Crippen molar-refractivity contribution in [2.45, 2.75) is 39.5 Å². The molecule has 1 N–H and O–H groups in total. The summed E-state index contributed by atoms with van der Waals surface area (Å²) in [7, 11) is 0. The maximum atomic E-state index is 12.2. The minimum atomic E-state index is -0.317. The molecular formula is C18H27NO4. The maximum Gasteiger partial charge on any atom is 0.307 e. The second-order valence-corrected chi connectivity index (χ2v) is 5.50. The smallest absolute Gasteiger partial charge is 0.307 e. The van der Waals surface area contributed by atoms with E-state index in [1.807, 2.05) is 6.92 Å². The Kier molecular flexibility index (Phi) is 8.98.